The standard InChI is InChI=1S/C10H6Cl2N12O8/c11-5-7(21(25)26)16-18(9(5)23(29)30)1-3-14-15-4(20(3)13)2-19-10(24(31)32)6(12)8(17-19)22(27)28/h1-2,13H2. The van der Waals surface area contributed by atoms with Crippen LogP contribution in [0.3, 0.4) is 0 Å². The monoisotopic (exact) mass is 492 g/mol. The summed E-state index contributed by atoms with van der Waals surface area (Å²) in [5, 5.41) is 56.8. The maximum atomic E-state index is 11.2. The molecule has 0 saturated carbocycles. The molecule has 0 atom stereocenters. The lowest BCUT2D eigenvalue weighted by molar-refractivity contribution is -0.395. The highest BCUT2D eigenvalue weighted by atomic mass is 35.5. The third-order valence-electron chi connectivity index (χ3n) is 3.82. The van der Waals surface area contributed by atoms with Gasteiger partial charge in [-0.05, 0) is 29.1 Å². The number of nitrogen functional groups attached to an aromatic ring is 1. The Hall–Kier alpha value is -4.46. The molecule has 0 unspecified atom stereocenters. The summed E-state index contributed by atoms with van der Waals surface area (Å²) in [4.78, 5) is 40.2. The first-order chi connectivity index (χ1) is 14.9. The summed E-state index contributed by atoms with van der Waals surface area (Å²) in [5.41, 5.74) is 0. The van der Waals surface area contributed by atoms with Crippen molar-refractivity contribution in [2.45, 2.75) is 13.1 Å². The Kier molecular flexibility index (Phi) is 5.55. The number of halogens is 2. The number of rotatable bonds is 8. The molecule has 0 saturated heterocycles. The van der Waals surface area contributed by atoms with E-state index in [1.165, 1.54) is 0 Å². The Labute approximate surface area is 182 Å². The van der Waals surface area contributed by atoms with Crippen molar-refractivity contribution in [3.05, 3.63) is 62.2 Å². The van der Waals surface area contributed by atoms with Crippen LogP contribution in [0.2, 0.25) is 10.0 Å². The minimum Gasteiger partial charge on any atom is -0.358 e. The topological polar surface area (TPSA) is 265 Å². The van der Waals surface area contributed by atoms with Gasteiger partial charge in [0.15, 0.2) is 34.9 Å². The van der Waals surface area contributed by atoms with Crippen LogP contribution < -0.4 is 5.84 Å². The van der Waals surface area contributed by atoms with Crippen LogP contribution in [-0.4, -0.2) is 54.1 Å². The summed E-state index contributed by atoms with van der Waals surface area (Å²) in [7, 11) is 0. The van der Waals surface area contributed by atoms with Crippen LogP contribution in [-0.2, 0) is 13.1 Å². The van der Waals surface area contributed by atoms with E-state index in [0.717, 1.165) is 4.68 Å². The van der Waals surface area contributed by atoms with Gasteiger partial charge in [0.25, 0.3) is 0 Å². The van der Waals surface area contributed by atoms with Crippen LogP contribution in [0.25, 0.3) is 0 Å². The first-order valence-corrected chi connectivity index (χ1v) is 8.48. The van der Waals surface area contributed by atoms with E-state index in [1.807, 2.05) is 0 Å². The van der Waals surface area contributed by atoms with Gasteiger partial charge in [-0.2, -0.15) is 0 Å². The van der Waals surface area contributed by atoms with Crippen molar-refractivity contribution in [3.8, 4) is 0 Å². The quantitative estimate of drug-likeness (QED) is 0.253. The van der Waals surface area contributed by atoms with Crippen LogP contribution >= 0.6 is 23.2 Å². The van der Waals surface area contributed by atoms with E-state index in [4.69, 9.17) is 29.0 Å². The highest BCUT2D eigenvalue weighted by Crippen LogP contribution is 2.34. The van der Waals surface area contributed by atoms with Crippen molar-refractivity contribution in [1.82, 2.24) is 34.4 Å². The van der Waals surface area contributed by atoms with Crippen molar-refractivity contribution >= 4 is 46.5 Å². The predicted octanol–water partition coefficient (Wildman–Crippen LogP) is 0.421. The number of hydrogen-bond acceptors (Lipinski definition) is 13. The fraction of sp³-hybridized carbons (Fsp3) is 0.200. The number of nitrogens with two attached hydrogens (primary N) is 1. The minimum atomic E-state index is -1.03. The summed E-state index contributed by atoms with van der Waals surface area (Å²) in [6.07, 6.45) is 0. The molecule has 3 heterocycles. The number of nitrogens with zero attached hydrogens (tertiary/aromatic N) is 11. The van der Waals surface area contributed by atoms with Gasteiger partial charge in [0.2, 0.25) is 10.0 Å². The molecule has 0 fully saturated rings. The zero-order valence-corrected chi connectivity index (χ0v) is 16.4. The second-order valence-electron chi connectivity index (χ2n) is 5.67. The van der Waals surface area contributed by atoms with E-state index in [9.17, 15) is 40.5 Å². The van der Waals surface area contributed by atoms with E-state index in [1.54, 1.807) is 0 Å². The Morgan fingerprint density at radius 2 is 1.06 bits per heavy atom. The average molecular weight is 493 g/mol. The fourth-order valence-electron chi connectivity index (χ4n) is 2.48. The van der Waals surface area contributed by atoms with Crippen molar-refractivity contribution < 1.29 is 19.7 Å². The van der Waals surface area contributed by atoms with Crippen molar-refractivity contribution in [1.29, 1.82) is 0 Å². The summed E-state index contributed by atoms with van der Waals surface area (Å²) < 4.78 is 1.83. The van der Waals surface area contributed by atoms with Gasteiger partial charge in [0.05, 0.1) is 0 Å². The molecular weight excluding hydrogens is 487 g/mol. The highest BCUT2D eigenvalue weighted by molar-refractivity contribution is 6.34. The lowest BCUT2D eigenvalue weighted by Gasteiger charge is -2.00. The van der Waals surface area contributed by atoms with Crippen molar-refractivity contribution in [2.75, 3.05) is 5.84 Å². The molecule has 0 spiro atoms. The van der Waals surface area contributed by atoms with Crippen molar-refractivity contribution in [2.24, 2.45) is 0 Å². The summed E-state index contributed by atoms with van der Waals surface area (Å²) in [5.74, 6) is 1.57. The van der Waals surface area contributed by atoms with Gasteiger partial charge in [-0.1, -0.05) is 23.2 Å². The van der Waals surface area contributed by atoms with Gasteiger partial charge in [-0.3, -0.25) is 0 Å². The number of aromatic nitrogens is 7. The molecule has 0 amide bonds. The smallest absolute Gasteiger partial charge is 0.358 e. The Morgan fingerprint density at radius 1 is 0.719 bits per heavy atom. The molecule has 2 N–H and O–H groups in total. The third kappa shape index (κ3) is 3.69. The molecule has 32 heavy (non-hydrogen) atoms. The van der Waals surface area contributed by atoms with E-state index in [2.05, 4.69) is 20.4 Å². The first kappa shape index (κ1) is 22.2. The van der Waals surface area contributed by atoms with Gasteiger partial charge < -0.3 is 46.3 Å². The highest BCUT2D eigenvalue weighted by Gasteiger charge is 2.38. The Morgan fingerprint density at radius 3 is 1.34 bits per heavy atom. The average Bonchev–Trinajstić information content (AvgIpc) is 3.31. The van der Waals surface area contributed by atoms with E-state index in [-0.39, 0.29) is 11.6 Å². The van der Waals surface area contributed by atoms with E-state index >= 15 is 0 Å². The van der Waals surface area contributed by atoms with E-state index < -0.39 is 66.1 Å². The van der Waals surface area contributed by atoms with Crippen LogP contribution in [0, 0.1) is 40.5 Å². The zero-order chi connectivity index (χ0) is 23.9. The first-order valence-electron chi connectivity index (χ1n) is 7.72. The molecule has 0 bridgehead atoms. The van der Waals surface area contributed by atoms with Crippen LogP contribution in [0.1, 0.15) is 11.6 Å². The van der Waals surface area contributed by atoms with Gasteiger partial charge in [0.1, 0.15) is 0 Å². The molecule has 3 rings (SSSR count). The summed E-state index contributed by atoms with van der Waals surface area (Å²) in [6.45, 7) is -1.20. The van der Waals surface area contributed by atoms with Gasteiger partial charge in [0, 0.05) is 0 Å². The lowest BCUT2D eigenvalue weighted by Crippen LogP contribution is -2.21. The molecular formula is C10H6Cl2N12O8. The Balaban J connectivity index is 1.98. The number of nitro groups is 4. The third-order valence-corrected chi connectivity index (χ3v) is 4.49. The minimum absolute atomic E-state index is 0.229. The molecule has 0 aliphatic carbocycles. The molecule has 3 aromatic heterocycles. The molecule has 0 aliphatic rings. The van der Waals surface area contributed by atoms with Crippen LogP contribution in [0.15, 0.2) is 0 Å². The van der Waals surface area contributed by atoms with Crippen LogP contribution in [0.4, 0.5) is 23.3 Å². The van der Waals surface area contributed by atoms with Gasteiger partial charge in [-0.25, -0.2) is 4.68 Å². The molecule has 20 nitrogen and oxygen atoms in total. The lowest BCUT2D eigenvalue weighted by atomic mass is 10.5. The molecule has 0 radical (unpaired) electrons. The van der Waals surface area contributed by atoms with Crippen molar-refractivity contribution in [3.63, 3.8) is 0 Å². The normalized spacial score (nSPS) is 10.9. The molecule has 168 valence electrons. The molecule has 22 heteroatoms. The van der Waals surface area contributed by atoms with Gasteiger partial charge in [-0.15, -0.1) is 10.2 Å². The second-order valence-corrected chi connectivity index (χ2v) is 6.42. The predicted molar refractivity (Wildman–Crippen MR) is 99.5 cm³/mol. The van der Waals surface area contributed by atoms with Crippen LogP contribution in [0.5, 0.6) is 0 Å². The SMILES string of the molecule is Nn1c(Cn2nc([N+](=O)[O-])c(Cl)c2[N+](=O)[O-])nnc1Cn1nc([N+](=O)[O-])c(Cl)c1[N+](=O)[O-]. The maximum absolute atomic E-state index is 11.2. The fourth-order valence-corrected chi connectivity index (χ4v) is 3.03. The zero-order valence-electron chi connectivity index (χ0n) is 14.9. The number of hydrogen-bond donors (Lipinski definition) is 1. The largest absolute Gasteiger partial charge is 0.439 e. The Bertz CT molecular complexity index is 1200. The summed E-state index contributed by atoms with van der Waals surface area (Å²) >= 11 is 11.3. The molecule has 0 aliphatic heterocycles. The molecule has 3 aromatic rings. The second kappa shape index (κ2) is 7.99. The summed E-state index contributed by atoms with van der Waals surface area (Å²) in [6, 6.07) is 0. The van der Waals surface area contributed by atoms with E-state index in [0.29, 0.717) is 9.36 Å². The maximum Gasteiger partial charge on any atom is 0.439 e. The van der Waals surface area contributed by atoms with Gasteiger partial charge >= 0.3 is 23.3 Å². The molecule has 0 aromatic carbocycles.